The maximum absolute atomic E-state index is 5.44. The van der Waals surface area contributed by atoms with Crippen LogP contribution in [0.5, 0.6) is 0 Å². The zero-order valence-electron chi connectivity index (χ0n) is 30.9. The van der Waals surface area contributed by atoms with Gasteiger partial charge in [-0.3, -0.25) is 9.97 Å². The summed E-state index contributed by atoms with van der Waals surface area (Å²) in [4.78, 5) is 14.8. The van der Waals surface area contributed by atoms with Crippen molar-refractivity contribution in [3.8, 4) is 61.7 Å². The number of rotatable bonds is 6. The Morgan fingerprint density at radius 3 is 1.60 bits per heavy atom. The number of hydrogen-bond acceptors (Lipinski definition) is 3. The molecule has 4 aromatic heterocycles. The molecule has 7 aromatic carbocycles. The van der Waals surface area contributed by atoms with E-state index in [-0.39, 0.29) is 0 Å². The zero-order valence-corrected chi connectivity index (χ0v) is 30.9. The quantitative estimate of drug-likeness (QED) is 0.160. The van der Waals surface area contributed by atoms with Crippen molar-refractivity contribution in [1.29, 1.82) is 0 Å². The van der Waals surface area contributed by atoms with Crippen molar-refractivity contribution >= 4 is 43.5 Å². The van der Waals surface area contributed by atoms with Gasteiger partial charge in [0.05, 0.1) is 33.6 Å². The maximum Gasteiger partial charge on any atom is 0.0788 e. The molecule has 11 aromatic rings. The molecule has 0 amide bonds. The van der Waals surface area contributed by atoms with E-state index in [9.17, 15) is 0 Å². The van der Waals surface area contributed by atoms with E-state index in [0.29, 0.717) is 0 Å². The highest BCUT2D eigenvalue weighted by Crippen LogP contribution is 2.43. The summed E-state index contributed by atoms with van der Waals surface area (Å²) in [6, 6.07) is 68.8. The number of pyridine rings is 3. The molecular weight excluding hydrogens is 693 g/mol. The third kappa shape index (κ3) is 5.66. The Morgan fingerprint density at radius 2 is 0.912 bits per heavy atom. The second-order valence-corrected chi connectivity index (χ2v) is 14.4. The molecule has 0 saturated carbocycles. The first-order valence-corrected chi connectivity index (χ1v) is 19.3. The van der Waals surface area contributed by atoms with Crippen LogP contribution < -0.4 is 0 Å². The van der Waals surface area contributed by atoms with Gasteiger partial charge in [0.2, 0.25) is 0 Å². The molecule has 0 bridgehead atoms. The molecule has 4 nitrogen and oxygen atoms in total. The van der Waals surface area contributed by atoms with Gasteiger partial charge in [-0.1, -0.05) is 127 Å². The molecule has 57 heavy (non-hydrogen) atoms. The lowest BCUT2D eigenvalue weighted by molar-refractivity contribution is 1.19. The highest BCUT2D eigenvalue weighted by atomic mass is 15.0. The molecule has 266 valence electrons. The first kappa shape index (κ1) is 32.7. The molecule has 0 fully saturated rings. The fraction of sp³-hybridized carbons (Fsp3) is 0. The van der Waals surface area contributed by atoms with Crippen LogP contribution in [-0.2, 0) is 0 Å². The van der Waals surface area contributed by atoms with Gasteiger partial charge in [0.1, 0.15) is 0 Å². The number of hydrogen-bond donors (Lipinski definition) is 0. The number of aromatic nitrogens is 4. The van der Waals surface area contributed by atoms with Crippen molar-refractivity contribution < 1.29 is 0 Å². The molecule has 0 atom stereocenters. The summed E-state index contributed by atoms with van der Waals surface area (Å²) in [6.45, 7) is 0. The number of nitrogens with zero attached hydrogens (tertiary/aromatic N) is 4. The molecular formula is C53H34N4. The predicted molar refractivity (Wildman–Crippen MR) is 236 cm³/mol. The summed E-state index contributed by atoms with van der Waals surface area (Å²) in [6.07, 6.45) is 3.68. The Kier molecular flexibility index (Phi) is 7.78. The molecule has 11 rings (SSSR count). The summed E-state index contributed by atoms with van der Waals surface area (Å²) in [7, 11) is 0. The van der Waals surface area contributed by atoms with Crippen molar-refractivity contribution in [2.24, 2.45) is 0 Å². The minimum Gasteiger partial charge on any atom is -0.309 e. The fourth-order valence-electron chi connectivity index (χ4n) is 8.40. The molecule has 4 heterocycles. The Hall–Kier alpha value is -7.69. The van der Waals surface area contributed by atoms with Gasteiger partial charge >= 0.3 is 0 Å². The Bertz CT molecular complexity index is 3190. The van der Waals surface area contributed by atoms with E-state index in [1.165, 1.54) is 27.2 Å². The van der Waals surface area contributed by atoms with Crippen LogP contribution in [0.2, 0.25) is 0 Å². The van der Waals surface area contributed by atoms with E-state index in [2.05, 4.69) is 184 Å². The van der Waals surface area contributed by atoms with Gasteiger partial charge in [0, 0.05) is 61.7 Å². The second kappa shape index (κ2) is 13.6. The van der Waals surface area contributed by atoms with Crippen molar-refractivity contribution in [3.63, 3.8) is 0 Å². The van der Waals surface area contributed by atoms with Crippen LogP contribution in [0.15, 0.2) is 207 Å². The first-order chi connectivity index (χ1) is 28.3. The Balaban J connectivity index is 1.09. The minimum atomic E-state index is 0.931. The largest absolute Gasteiger partial charge is 0.309 e. The molecule has 0 aliphatic carbocycles. The van der Waals surface area contributed by atoms with Crippen LogP contribution in [0.25, 0.3) is 105 Å². The van der Waals surface area contributed by atoms with E-state index >= 15 is 0 Å². The average Bonchev–Trinajstić information content (AvgIpc) is 3.64. The maximum atomic E-state index is 5.44. The molecule has 0 aliphatic rings. The topological polar surface area (TPSA) is 43.6 Å². The van der Waals surface area contributed by atoms with Gasteiger partial charge < -0.3 is 4.57 Å². The van der Waals surface area contributed by atoms with E-state index in [1.807, 2.05) is 36.7 Å². The summed E-state index contributed by atoms with van der Waals surface area (Å²) >= 11 is 0. The van der Waals surface area contributed by atoms with Crippen LogP contribution in [-0.4, -0.2) is 19.5 Å². The number of para-hydroxylation sites is 2. The van der Waals surface area contributed by atoms with Crippen molar-refractivity contribution in [2.45, 2.75) is 0 Å². The summed E-state index contributed by atoms with van der Waals surface area (Å²) in [5.41, 5.74) is 15.0. The normalized spacial score (nSPS) is 11.5. The second-order valence-electron chi connectivity index (χ2n) is 14.4. The molecule has 0 radical (unpaired) electrons. The molecule has 0 aliphatic heterocycles. The van der Waals surface area contributed by atoms with Crippen molar-refractivity contribution in [1.82, 2.24) is 19.5 Å². The molecule has 0 spiro atoms. The molecule has 0 N–H and O–H groups in total. The SMILES string of the molecule is c1ccc(-c2nc3cc(-c4ccc(-c5cc(-c6ccccn6)cc(-c6ccccn6)c5)cc4)ccc3c3c2ccc2c4ccccc4n(-c4ccccc4)c23)cc1. The summed E-state index contributed by atoms with van der Waals surface area (Å²) in [5, 5.41) is 5.93. The van der Waals surface area contributed by atoms with Gasteiger partial charge in [-0.2, -0.15) is 0 Å². The monoisotopic (exact) mass is 726 g/mol. The van der Waals surface area contributed by atoms with Gasteiger partial charge in [-0.15, -0.1) is 0 Å². The van der Waals surface area contributed by atoms with Gasteiger partial charge in [-0.25, -0.2) is 4.98 Å². The Labute approximate surface area is 330 Å². The number of fused-ring (bicyclic) bond motifs is 7. The van der Waals surface area contributed by atoms with Crippen LogP contribution in [0.1, 0.15) is 0 Å². The molecule has 4 heteroatoms. The lowest BCUT2D eigenvalue weighted by Crippen LogP contribution is -1.96. The van der Waals surface area contributed by atoms with Gasteiger partial charge in [0.25, 0.3) is 0 Å². The van der Waals surface area contributed by atoms with Crippen LogP contribution >= 0.6 is 0 Å². The number of benzene rings is 7. The lowest BCUT2D eigenvalue weighted by atomic mass is 9.94. The smallest absolute Gasteiger partial charge is 0.0788 e. The molecule has 0 saturated heterocycles. The van der Waals surface area contributed by atoms with E-state index in [0.717, 1.165) is 78.0 Å². The molecule has 0 unspecified atom stereocenters. The van der Waals surface area contributed by atoms with Crippen LogP contribution in [0, 0.1) is 0 Å². The van der Waals surface area contributed by atoms with Crippen LogP contribution in [0.4, 0.5) is 0 Å². The average molecular weight is 727 g/mol. The fourth-order valence-corrected chi connectivity index (χ4v) is 8.40. The Morgan fingerprint density at radius 1 is 0.351 bits per heavy atom. The van der Waals surface area contributed by atoms with Gasteiger partial charge in [0.15, 0.2) is 0 Å². The predicted octanol–water partition coefficient (Wildman–Crippen LogP) is 13.6. The van der Waals surface area contributed by atoms with Crippen LogP contribution in [0.3, 0.4) is 0 Å². The van der Waals surface area contributed by atoms with E-state index < -0.39 is 0 Å². The lowest BCUT2D eigenvalue weighted by Gasteiger charge is -2.15. The highest BCUT2D eigenvalue weighted by Gasteiger charge is 2.20. The van der Waals surface area contributed by atoms with Gasteiger partial charge in [-0.05, 0) is 89.0 Å². The standard InChI is InChI=1S/C53H34N4/c1-3-13-37(14-4-1)52-46-28-27-44-43-17-7-8-20-50(43)57(42-15-5-2-6-16-42)53(44)51(46)45-26-25-38(34-49(45)56-52)35-21-23-36(24-22-35)39-31-40(47-18-9-11-29-54-47)33-41(32-39)48-19-10-12-30-55-48/h1-34H. The first-order valence-electron chi connectivity index (χ1n) is 19.3. The zero-order chi connectivity index (χ0) is 37.7. The van der Waals surface area contributed by atoms with E-state index in [4.69, 9.17) is 4.98 Å². The third-order valence-corrected chi connectivity index (χ3v) is 11.1. The van der Waals surface area contributed by atoms with E-state index in [1.54, 1.807) is 0 Å². The van der Waals surface area contributed by atoms with Crippen molar-refractivity contribution in [3.05, 3.63) is 207 Å². The third-order valence-electron chi connectivity index (χ3n) is 11.1. The highest BCUT2D eigenvalue weighted by molar-refractivity contribution is 6.27. The van der Waals surface area contributed by atoms with Crippen molar-refractivity contribution in [2.75, 3.05) is 0 Å². The summed E-state index contributed by atoms with van der Waals surface area (Å²) < 4.78 is 2.43. The summed E-state index contributed by atoms with van der Waals surface area (Å²) in [5.74, 6) is 0. The minimum absolute atomic E-state index is 0.931.